The van der Waals surface area contributed by atoms with Crippen LogP contribution in [0, 0.1) is 5.92 Å². The molecule has 1 rings (SSSR count). The average molecular weight is 381 g/mol. The highest BCUT2D eigenvalue weighted by molar-refractivity contribution is 9.25. The number of hydrogen-bond donors (Lipinski definition) is 0. The maximum Gasteiger partial charge on any atom is 0.222 e. The fourth-order valence-electron chi connectivity index (χ4n) is 1.81. The van der Waals surface area contributed by atoms with Crippen LogP contribution < -0.4 is 0 Å². The Morgan fingerprint density at radius 2 is 1.54 bits per heavy atom. The van der Waals surface area contributed by atoms with Crippen molar-refractivity contribution in [2.75, 3.05) is 0 Å². The zero-order valence-corrected chi connectivity index (χ0v) is 12.2. The standard InChI is InChI=1S/C9H14Br3F/c10-8-6-4-2-1-3-5-7(8)9(11,12)13/h7-8H,1-6H2. The van der Waals surface area contributed by atoms with Gasteiger partial charge < -0.3 is 0 Å². The highest BCUT2D eigenvalue weighted by atomic mass is 79.9. The minimum Gasteiger partial charge on any atom is -0.218 e. The van der Waals surface area contributed by atoms with E-state index in [1.54, 1.807) is 0 Å². The second-order valence-corrected chi connectivity index (χ2v) is 8.20. The molecule has 13 heavy (non-hydrogen) atoms. The molecule has 0 N–H and O–H groups in total. The van der Waals surface area contributed by atoms with Gasteiger partial charge in [-0.3, -0.25) is 0 Å². The quantitative estimate of drug-likeness (QED) is 0.553. The highest BCUT2D eigenvalue weighted by Gasteiger charge is 2.37. The molecule has 1 fully saturated rings. The zero-order valence-electron chi connectivity index (χ0n) is 7.41. The second kappa shape index (κ2) is 5.45. The fourth-order valence-corrected chi connectivity index (χ4v) is 4.57. The van der Waals surface area contributed by atoms with E-state index in [9.17, 15) is 4.39 Å². The lowest BCUT2D eigenvalue weighted by atomic mass is 9.92. The molecule has 0 aliphatic heterocycles. The first-order valence-corrected chi connectivity index (χ1v) is 7.23. The molecule has 1 aliphatic carbocycles. The van der Waals surface area contributed by atoms with Crippen LogP contribution in [0.4, 0.5) is 4.39 Å². The smallest absolute Gasteiger partial charge is 0.218 e. The Labute approximate surface area is 104 Å². The summed E-state index contributed by atoms with van der Waals surface area (Å²) in [6.45, 7) is 0. The van der Waals surface area contributed by atoms with Gasteiger partial charge >= 0.3 is 0 Å². The van der Waals surface area contributed by atoms with Crippen molar-refractivity contribution >= 4 is 47.8 Å². The van der Waals surface area contributed by atoms with Gasteiger partial charge in [0.1, 0.15) is 0 Å². The van der Waals surface area contributed by atoms with E-state index in [4.69, 9.17) is 0 Å². The van der Waals surface area contributed by atoms with E-state index in [2.05, 4.69) is 47.8 Å². The molecule has 0 aromatic heterocycles. The monoisotopic (exact) mass is 378 g/mol. The van der Waals surface area contributed by atoms with Crippen LogP contribution in [-0.2, 0) is 0 Å². The molecule has 78 valence electrons. The van der Waals surface area contributed by atoms with Crippen LogP contribution >= 0.6 is 47.8 Å². The lowest BCUT2D eigenvalue weighted by molar-refractivity contribution is 0.262. The molecular weight excluding hydrogens is 367 g/mol. The van der Waals surface area contributed by atoms with Gasteiger partial charge in [0.25, 0.3) is 0 Å². The topological polar surface area (TPSA) is 0 Å². The molecule has 0 saturated heterocycles. The van der Waals surface area contributed by atoms with Crippen LogP contribution in [0.1, 0.15) is 38.5 Å². The Balaban J connectivity index is 2.56. The molecule has 0 spiro atoms. The molecule has 4 heteroatoms. The third-order valence-corrected chi connectivity index (χ3v) is 4.87. The van der Waals surface area contributed by atoms with Crippen LogP contribution in [0.5, 0.6) is 0 Å². The van der Waals surface area contributed by atoms with Crippen molar-refractivity contribution in [3.05, 3.63) is 0 Å². The van der Waals surface area contributed by atoms with Crippen LogP contribution in [0.15, 0.2) is 0 Å². The van der Waals surface area contributed by atoms with E-state index in [1.807, 2.05) is 0 Å². The maximum atomic E-state index is 13.6. The van der Waals surface area contributed by atoms with Crippen molar-refractivity contribution in [2.24, 2.45) is 5.92 Å². The first kappa shape index (κ1) is 12.4. The third kappa shape index (κ3) is 4.17. The Kier molecular flexibility index (Phi) is 5.22. The van der Waals surface area contributed by atoms with Gasteiger partial charge in [0, 0.05) is 10.7 Å². The summed E-state index contributed by atoms with van der Waals surface area (Å²) < 4.78 is 12.2. The van der Waals surface area contributed by atoms with E-state index in [-0.39, 0.29) is 10.7 Å². The highest BCUT2D eigenvalue weighted by Crippen LogP contribution is 2.45. The summed E-state index contributed by atoms with van der Waals surface area (Å²) in [5, 5.41) is 0. The first-order chi connectivity index (χ1) is 6.02. The van der Waals surface area contributed by atoms with Crippen molar-refractivity contribution in [3.8, 4) is 0 Å². The van der Waals surface area contributed by atoms with Crippen molar-refractivity contribution in [1.29, 1.82) is 0 Å². The zero-order chi connectivity index (χ0) is 9.90. The van der Waals surface area contributed by atoms with Gasteiger partial charge in [-0.25, -0.2) is 4.39 Å². The molecule has 0 nitrogen and oxygen atoms in total. The normalized spacial score (nSPS) is 32.3. The molecule has 1 aliphatic rings. The lowest BCUT2D eigenvalue weighted by Crippen LogP contribution is -2.29. The predicted octanol–water partition coefficient (Wildman–Crippen LogP) is 5.13. The van der Waals surface area contributed by atoms with Crippen molar-refractivity contribution in [1.82, 2.24) is 0 Å². The van der Waals surface area contributed by atoms with Gasteiger partial charge in [-0.2, -0.15) is 0 Å². The summed E-state index contributed by atoms with van der Waals surface area (Å²) in [4.78, 5) is 0.288. The fraction of sp³-hybridized carbons (Fsp3) is 1.00. The van der Waals surface area contributed by atoms with Crippen LogP contribution in [0.25, 0.3) is 0 Å². The van der Waals surface area contributed by atoms with E-state index in [1.165, 1.54) is 19.3 Å². The van der Waals surface area contributed by atoms with E-state index >= 15 is 0 Å². The van der Waals surface area contributed by atoms with Gasteiger partial charge in [-0.1, -0.05) is 41.6 Å². The average Bonchev–Trinajstić information content (AvgIpc) is 1.94. The number of halogens is 4. The number of rotatable bonds is 1. The minimum absolute atomic E-state index is 0.0350. The molecule has 0 bridgehead atoms. The first-order valence-electron chi connectivity index (χ1n) is 4.72. The van der Waals surface area contributed by atoms with Crippen LogP contribution in [0.3, 0.4) is 0 Å². The Morgan fingerprint density at radius 3 is 2.08 bits per heavy atom. The van der Waals surface area contributed by atoms with E-state index in [0.717, 1.165) is 19.3 Å². The van der Waals surface area contributed by atoms with Gasteiger partial charge in [0.15, 0.2) is 0 Å². The molecule has 1 saturated carbocycles. The predicted molar refractivity (Wildman–Crippen MR) is 65.6 cm³/mol. The van der Waals surface area contributed by atoms with Crippen molar-refractivity contribution in [3.63, 3.8) is 0 Å². The van der Waals surface area contributed by atoms with E-state index < -0.39 is 3.49 Å². The molecule has 0 aromatic carbocycles. The largest absolute Gasteiger partial charge is 0.222 e. The van der Waals surface area contributed by atoms with Crippen molar-refractivity contribution in [2.45, 2.75) is 46.8 Å². The number of alkyl halides is 4. The molecule has 0 heterocycles. The Hall–Kier alpha value is 1.37. The molecule has 0 amide bonds. The summed E-state index contributed by atoms with van der Waals surface area (Å²) in [7, 11) is 0. The third-order valence-electron chi connectivity index (χ3n) is 2.60. The number of hydrogen-bond acceptors (Lipinski definition) is 0. The summed E-state index contributed by atoms with van der Waals surface area (Å²) in [5.74, 6) is 0.0350. The SMILES string of the molecule is FC(Br)(Br)C1CCCCCCC1Br. The molecular formula is C9H14Br3F. The summed E-state index contributed by atoms with van der Waals surface area (Å²) >= 11 is 9.70. The summed E-state index contributed by atoms with van der Waals surface area (Å²) in [6, 6.07) is 0. The molecule has 0 radical (unpaired) electrons. The second-order valence-electron chi connectivity index (χ2n) is 3.66. The van der Waals surface area contributed by atoms with Crippen LogP contribution in [-0.4, -0.2) is 8.31 Å². The van der Waals surface area contributed by atoms with Gasteiger partial charge in [-0.15, -0.1) is 0 Å². The molecule has 0 aromatic rings. The summed E-state index contributed by atoms with van der Waals surface area (Å²) in [6.07, 6.45) is 6.90. The van der Waals surface area contributed by atoms with Gasteiger partial charge in [0.2, 0.25) is 3.49 Å². The van der Waals surface area contributed by atoms with Crippen molar-refractivity contribution < 1.29 is 4.39 Å². The van der Waals surface area contributed by atoms with E-state index in [0.29, 0.717) is 0 Å². The molecule has 2 atom stereocenters. The van der Waals surface area contributed by atoms with Crippen LogP contribution in [0.2, 0.25) is 0 Å². The Morgan fingerprint density at radius 1 is 1.00 bits per heavy atom. The maximum absolute atomic E-state index is 13.6. The van der Waals surface area contributed by atoms with Gasteiger partial charge in [0.05, 0.1) is 0 Å². The van der Waals surface area contributed by atoms with Gasteiger partial charge in [-0.05, 0) is 44.7 Å². The minimum atomic E-state index is -1.40. The Bertz CT molecular complexity index is 155. The molecule has 2 unspecified atom stereocenters. The summed E-state index contributed by atoms with van der Waals surface area (Å²) in [5.41, 5.74) is 0. The lowest BCUT2D eigenvalue weighted by Gasteiger charge is -2.30.